The monoisotopic (exact) mass is 350 g/mol. The molecule has 1 unspecified atom stereocenters. The highest BCUT2D eigenvalue weighted by Gasteiger charge is 2.07. The van der Waals surface area contributed by atoms with Crippen LogP contribution in [0.15, 0.2) is 51.8 Å². The van der Waals surface area contributed by atoms with Crippen molar-refractivity contribution >= 4 is 27.7 Å². The highest BCUT2D eigenvalue weighted by atomic mass is 79.9. The van der Waals surface area contributed by atoms with Gasteiger partial charge in [-0.25, -0.2) is 0 Å². The van der Waals surface area contributed by atoms with Crippen LogP contribution in [0.5, 0.6) is 0 Å². The van der Waals surface area contributed by atoms with E-state index in [0.29, 0.717) is 12.2 Å². The number of halogens is 1. The van der Waals surface area contributed by atoms with E-state index in [1.807, 2.05) is 12.1 Å². The Morgan fingerprint density at radius 3 is 2.45 bits per heavy atom. The van der Waals surface area contributed by atoms with Gasteiger partial charge in [0.05, 0.1) is 6.10 Å². The zero-order valence-corrected chi connectivity index (χ0v) is 14.2. The summed E-state index contributed by atoms with van der Waals surface area (Å²) in [6, 6.07) is 14.6. The van der Waals surface area contributed by atoms with Crippen LogP contribution in [0.1, 0.15) is 16.7 Å². The summed E-state index contributed by atoms with van der Waals surface area (Å²) in [6.45, 7) is 4.19. The van der Waals surface area contributed by atoms with Gasteiger partial charge in [0.1, 0.15) is 0 Å². The zero-order chi connectivity index (χ0) is 14.5. The molecule has 0 amide bonds. The van der Waals surface area contributed by atoms with Crippen molar-refractivity contribution in [3.63, 3.8) is 0 Å². The van der Waals surface area contributed by atoms with Crippen molar-refractivity contribution < 1.29 is 5.11 Å². The Balaban J connectivity index is 1.90. The molecule has 0 spiro atoms. The lowest BCUT2D eigenvalue weighted by atomic mass is 10.0. The Labute approximate surface area is 133 Å². The summed E-state index contributed by atoms with van der Waals surface area (Å²) in [7, 11) is 0. The molecule has 2 aromatic rings. The van der Waals surface area contributed by atoms with Gasteiger partial charge in [-0.1, -0.05) is 51.3 Å². The van der Waals surface area contributed by atoms with E-state index in [1.54, 1.807) is 11.8 Å². The summed E-state index contributed by atoms with van der Waals surface area (Å²) in [4.78, 5) is 1.18. The predicted octanol–water partition coefficient (Wildman–Crippen LogP) is 4.76. The largest absolute Gasteiger partial charge is 0.392 e. The molecule has 3 heteroatoms. The van der Waals surface area contributed by atoms with Gasteiger partial charge in [0.25, 0.3) is 0 Å². The molecule has 0 aliphatic heterocycles. The van der Waals surface area contributed by atoms with Gasteiger partial charge in [-0.15, -0.1) is 11.8 Å². The third-order valence-corrected chi connectivity index (χ3v) is 4.62. The van der Waals surface area contributed by atoms with Crippen LogP contribution in [-0.4, -0.2) is 17.0 Å². The van der Waals surface area contributed by atoms with Gasteiger partial charge >= 0.3 is 0 Å². The number of hydrogen-bond acceptors (Lipinski definition) is 2. The molecule has 20 heavy (non-hydrogen) atoms. The van der Waals surface area contributed by atoms with Crippen molar-refractivity contribution in [2.45, 2.75) is 31.3 Å². The van der Waals surface area contributed by atoms with E-state index in [1.165, 1.54) is 21.6 Å². The standard InChI is InChI=1S/C17H19BrOS/c1-12-6-13(2)8-14(7-12)9-16(19)11-20-17-5-3-4-15(18)10-17/h3-8,10,16,19H,9,11H2,1-2H3. The number of rotatable bonds is 5. The molecule has 0 radical (unpaired) electrons. The van der Waals surface area contributed by atoms with Gasteiger partial charge in [-0.2, -0.15) is 0 Å². The molecule has 0 fully saturated rings. The third-order valence-electron chi connectivity index (χ3n) is 2.99. The summed E-state index contributed by atoms with van der Waals surface area (Å²) >= 11 is 5.15. The molecule has 0 aliphatic rings. The van der Waals surface area contributed by atoms with E-state index < -0.39 is 0 Å². The van der Waals surface area contributed by atoms with E-state index in [-0.39, 0.29) is 6.10 Å². The van der Waals surface area contributed by atoms with E-state index in [9.17, 15) is 5.11 Å². The molecular weight excluding hydrogens is 332 g/mol. The Kier molecular flexibility index (Phi) is 5.70. The van der Waals surface area contributed by atoms with Crippen LogP contribution in [0.2, 0.25) is 0 Å². The predicted molar refractivity (Wildman–Crippen MR) is 90.5 cm³/mol. The summed E-state index contributed by atoms with van der Waals surface area (Å²) < 4.78 is 1.08. The number of aliphatic hydroxyl groups excluding tert-OH is 1. The van der Waals surface area contributed by atoms with Gasteiger partial charge in [0.2, 0.25) is 0 Å². The molecule has 1 N–H and O–H groups in total. The highest BCUT2D eigenvalue weighted by molar-refractivity contribution is 9.10. The number of benzene rings is 2. The van der Waals surface area contributed by atoms with Crippen LogP contribution in [0, 0.1) is 13.8 Å². The van der Waals surface area contributed by atoms with Crippen molar-refractivity contribution in [1.82, 2.24) is 0 Å². The van der Waals surface area contributed by atoms with Crippen molar-refractivity contribution in [1.29, 1.82) is 0 Å². The average molecular weight is 351 g/mol. The van der Waals surface area contributed by atoms with E-state index in [4.69, 9.17) is 0 Å². The van der Waals surface area contributed by atoms with Gasteiger partial charge in [0.15, 0.2) is 0 Å². The molecule has 0 aromatic heterocycles. The second-order valence-electron chi connectivity index (χ2n) is 5.12. The van der Waals surface area contributed by atoms with Crippen molar-refractivity contribution in [2.24, 2.45) is 0 Å². The summed E-state index contributed by atoms with van der Waals surface area (Å²) in [5.74, 6) is 0.712. The van der Waals surface area contributed by atoms with Crippen LogP contribution >= 0.6 is 27.7 Å². The van der Waals surface area contributed by atoms with E-state index in [2.05, 4.69) is 60.1 Å². The molecule has 0 aliphatic carbocycles. The van der Waals surface area contributed by atoms with Crippen LogP contribution in [-0.2, 0) is 6.42 Å². The smallest absolute Gasteiger partial charge is 0.0674 e. The Bertz CT molecular complexity index is 563. The van der Waals surface area contributed by atoms with E-state index >= 15 is 0 Å². The third kappa shape index (κ3) is 4.97. The fourth-order valence-corrected chi connectivity index (χ4v) is 3.71. The molecule has 0 saturated carbocycles. The van der Waals surface area contributed by atoms with Gasteiger partial charge in [-0.3, -0.25) is 0 Å². The van der Waals surface area contributed by atoms with Crippen molar-refractivity contribution in [3.05, 3.63) is 63.6 Å². The quantitative estimate of drug-likeness (QED) is 0.784. The normalized spacial score (nSPS) is 12.4. The summed E-state index contributed by atoms with van der Waals surface area (Å²) in [6.07, 6.45) is 0.393. The van der Waals surface area contributed by atoms with Gasteiger partial charge in [0, 0.05) is 15.1 Å². The maximum absolute atomic E-state index is 10.2. The Morgan fingerprint density at radius 2 is 1.80 bits per heavy atom. The number of hydrogen-bond donors (Lipinski definition) is 1. The van der Waals surface area contributed by atoms with Crippen LogP contribution < -0.4 is 0 Å². The second kappa shape index (κ2) is 7.30. The maximum atomic E-state index is 10.2. The first-order chi connectivity index (χ1) is 9.52. The number of aliphatic hydroxyl groups is 1. The Morgan fingerprint density at radius 1 is 1.10 bits per heavy atom. The molecule has 1 nitrogen and oxygen atoms in total. The first-order valence-corrected chi connectivity index (χ1v) is 8.44. The molecule has 1 atom stereocenters. The fourth-order valence-electron chi connectivity index (χ4n) is 2.27. The molecule has 0 bridgehead atoms. The molecule has 2 aromatic carbocycles. The van der Waals surface area contributed by atoms with Crippen molar-refractivity contribution in [3.8, 4) is 0 Å². The lowest BCUT2D eigenvalue weighted by Gasteiger charge is -2.12. The minimum atomic E-state index is -0.319. The Hall–Kier alpha value is -0.770. The van der Waals surface area contributed by atoms with Crippen molar-refractivity contribution in [2.75, 3.05) is 5.75 Å². The van der Waals surface area contributed by atoms with Crippen LogP contribution in [0.4, 0.5) is 0 Å². The topological polar surface area (TPSA) is 20.2 Å². The molecular formula is C17H19BrOS. The first kappa shape index (κ1) is 15.6. The summed E-state index contributed by atoms with van der Waals surface area (Å²) in [5.41, 5.74) is 3.73. The molecule has 2 rings (SSSR count). The maximum Gasteiger partial charge on any atom is 0.0674 e. The van der Waals surface area contributed by atoms with Crippen LogP contribution in [0.25, 0.3) is 0 Å². The fraction of sp³-hybridized carbons (Fsp3) is 0.294. The minimum absolute atomic E-state index is 0.319. The highest BCUT2D eigenvalue weighted by Crippen LogP contribution is 2.23. The lowest BCUT2D eigenvalue weighted by molar-refractivity contribution is 0.200. The lowest BCUT2D eigenvalue weighted by Crippen LogP contribution is -2.13. The average Bonchev–Trinajstić information content (AvgIpc) is 2.35. The molecule has 106 valence electrons. The van der Waals surface area contributed by atoms with Gasteiger partial charge in [-0.05, 0) is 44.0 Å². The molecule has 0 saturated heterocycles. The number of aryl methyl sites for hydroxylation is 2. The van der Waals surface area contributed by atoms with Gasteiger partial charge < -0.3 is 5.11 Å². The second-order valence-corrected chi connectivity index (χ2v) is 7.13. The SMILES string of the molecule is Cc1cc(C)cc(CC(O)CSc2cccc(Br)c2)c1. The van der Waals surface area contributed by atoms with E-state index in [0.717, 1.165) is 4.47 Å². The van der Waals surface area contributed by atoms with Crippen LogP contribution in [0.3, 0.4) is 0 Å². The molecule has 0 heterocycles. The zero-order valence-electron chi connectivity index (χ0n) is 11.8. The summed E-state index contributed by atoms with van der Waals surface area (Å²) in [5, 5.41) is 10.2. The minimum Gasteiger partial charge on any atom is -0.392 e. The number of thioether (sulfide) groups is 1. The first-order valence-electron chi connectivity index (χ1n) is 6.66.